The number of carbonyl (C=O) groups is 1. The molecule has 0 aliphatic carbocycles. The van der Waals surface area contributed by atoms with Crippen LogP contribution in [0.3, 0.4) is 0 Å². The van der Waals surface area contributed by atoms with E-state index in [1.165, 1.54) is 24.5 Å². The average Bonchev–Trinajstić information content (AvgIpc) is 3.28. The molecule has 0 radical (unpaired) electrons. The molecule has 0 saturated carbocycles. The van der Waals surface area contributed by atoms with Gasteiger partial charge in [0.05, 0.1) is 17.5 Å². The molecule has 184 valence electrons. The summed E-state index contributed by atoms with van der Waals surface area (Å²) in [5, 5.41) is 6.53. The average molecular weight is 476 g/mol. The lowest BCUT2D eigenvalue weighted by atomic mass is 9.95. The van der Waals surface area contributed by atoms with E-state index in [2.05, 4.69) is 49.4 Å². The third-order valence-electron chi connectivity index (χ3n) is 8.42. The van der Waals surface area contributed by atoms with E-state index in [0.717, 1.165) is 50.2 Å². The highest BCUT2D eigenvalue weighted by atomic mass is 19.1. The molecule has 2 bridgehead atoms. The van der Waals surface area contributed by atoms with Gasteiger partial charge in [-0.15, -0.1) is 0 Å². The van der Waals surface area contributed by atoms with Crippen molar-refractivity contribution in [2.75, 3.05) is 19.6 Å². The van der Waals surface area contributed by atoms with Crippen molar-refractivity contribution in [3.63, 3.8) is 0 Å². The van der Waals surface area contributed by atoms with E-state index in [4.69, 9.17) is 0 Å². The molecule has 2 N–H and O–H groups in total. The number of amides is 1. The lowest BCUT2D eigenvalue weighted by molar-refractivity contribution is -0.127. The normalized spacial score (nSPS) is 25.5. The highest BCUT2D eigenvalue weighted by Crippen LogP contribution is 2.42. The van der Waals surface area contributed by atoms with Crippen molar-refractivity contribution in [2.24, 2.45) is 5.92 Å². The summed E-state index contributed by atoms with van der Waals surface area (Å²) in [5.74, 6) is 0.914. The fourth-order valence-corrected chi connectivity index (χ4v) is 6.53. The van der Waals surface area contributed by atoms with Gasteiger partial charge in [0, 0.05) is 37.8 Å². The number of nitrogens with zero attached hydrogens (tertiary/aromatic N) is 3. The van der Waals surface area contributed by atoms with Crippen LogP contribution in [-0.4, -0.2) is 52.1 Å². The Bertz CT molecular complexity index is 1190. The largest absolute Gasteiger partial charge is 0.349 e. The topological polar surface area (TPSA) is 62.2 Å². The van der Waals surface area contributed by atoms with Crippen LogP contribution in [0.1, 0.15) is 55.6 Å². The number of nitrogens with one attached hydrogen (secondary N) is 2. The number of hydrogen-bond donors (Lipinski definition) is 2. The standard InChI is InChI=1S/C28H34FN5O/c1-18-31-27-24(29)8-5-9-26(27)34(18)23-14-21-10-11-22(15-23)33(21)13-12-25(19-6-3-2-4-7-19)32-28(35)20-16-30-17-20/h2-9,20-23,25,30H,10-17H2,1H3,(H,32,35)/t21-,22+,23-,25-/m0/s1. The summed E-state index contributed by atoms with van der Waals surface area (Å²) < 4.78 is 16.6. The number of imidazole rings is 1. The number of para-hydroxylation sites is 1. The van der Waals surface area contributed by atoms with Crippen LogP contribution >= 0.6 is 0 Å². The number of halogens is 1. The van der Waals surface area contributed by atoms with Crippen LogP contribution in [0.15, 0.2) is 48.5 Å². The van der Waals surface area contributed by atoms with Gasteiger partial charge in [0.15, 0.2) is 5.82 Å². The summed E-state index contributed by atoms with van der Waals surface area (Å²) in [5.41, 5.74) is 2.58. The minimum atomic E-state index is -0.239. The summed E-state index contributed by atoms with van der Waals surface area (Å²) in [4.78, 5) is 20.0. The Morgan fingerprint density at radius 1 is 1.09 bits per heavy atom. The highest BCUT2D eigenvalue weighted by Gasteiger charge is 2.42. The Balaban J connectivity index is 1.16. The first-order chi connectivity index (χ1) is 17.1. The number of aryl methyl sites for hydroxylation is 1. The monoisotopic (exact) mass is 475 g/mol. The highest BCUT2D eigenvalue weighted by molar-refractivity contribution is 5.80. The zero-order valence-corrected chi connectivity index (χ0v) is 20.3. The minimum Gasteiger partial charge on any atom is -0.349 e. The molecule has 7 heteroatoms. The second-order valence-corrected chi connectivity index (χ2v) is 10.5. The number of aromatic nitrogens is 2. The molecule has 6 rings (SSSR count). The second-order valence-electron chi connectivity index (χ2n) is 10.5. The summed E-state index contributed by atoms with van der Waals surface area (Å²) in [6, 6.07) is 17.1. The summed E-state index contributed by atoms with van der Waals surface area (Å²) >= 11 is 0. The van der Waals surface area contributed by atoms with Crippen molar-refractivity contribution in [2.45, 2.75) is 63.2 Å². The molecule has 2 aromatic carbocycles. The summed E-state index contributed by atoms with van der Waals surface area (Å²) in [7, 11) is 0. The van der Waals surface area contributed by atoms with Gasteiger partial charge in [-0.05, 0) is 56.7 Å². The van der Waals surface area contributed by atoms with Crippen LogP contribution in [-0.2, 0) is 4.79 Å². The predicted octanol–water partition coefficient (Wildman–Crippen LogP) is 4.12. The van der Waals surface area contributed by atoms with Crippen molar-refractivity contribution in [3.8, 4) is 0 Å². The molecule has 6 nitrogen and oxygen atoms in total. The zero-order valence-electron chi connectivity index (χ0n) is 20.3. The Morgan fingerprint density at radius 2 is 1.83 bits per heavy atom. The number of carbonyl (C=O) groups excluding carboxylic acids is 1. The van der Waals surface area contributed by atoms with E-state index in [1.807, 2.05) is 19.1 Å². The first-order valence-electron chi connectivity index (χ1n) is 13.0. The van der Waals surface area contributed by atoms with Gasteiger partial charge in [0.1, 0.15) is 11.3 Å². The van der Waals surface area contributed by atoms with E-state index in [-0.39, 0.29) is 23.7 Å². The lowest BCUT2D eigenvalue weighted by Crippen LogP contribution is -2.51. The molecule has 3 fully saturated rings. The second kappa shape index (κ2) is 9.36. The Morgan fingerprint density at radius 3 is 2.51 bits per heavy atom. The third kappa shape index (κ3) is 4.25. The van der Waals surface area contributed by atoms with Gasteiger partial charge in [0.25, 0.3) is 0 Å². The molecule has 3 aliphatic heterocycles. The molecule has 3 aliphatic rings. The van der Waals surface area contributed by atoms with Crippen molar-refractivity contribution < 1.29 is 9.18 Å². The van der Waals surface area contributed by atoms with Crippen LogP contribution in [0.5, 0.6) is 0 Å². The molecule has 3 aromatic rings. The third-order valence-corrected chi connectivity index (χ3v) is 8.42. The predicted molar refractivity (Wildman–Crippen MR) is 135 cm³/mol. The van der Waals surface area contributed by atoms with E-state index in [0.29, 0.717) is 23.6 Å². The number of benzene rings is 2. The molecule has 35 heavy (non-hydrogen) atoms. The van der Waals surface area contributed by atoms with Crippen molar-refractivity contribution in [3.05, 3.63) is 65.7 Å². The molecule has 1 aromatic heterocycles. The fraction of sp³-hybridized carbons (Fsp3) is 0.500. The molecule has 3 saturated heterocycles. The van der Waals surface area contributed by atoms with E-state index in [1.54, 1.807) is 6.07 Å². The number of hydrogen-bond acceptors (Lipinski definition) is 4. The maximum atomic E-state index is 14.3. The molecule has 0 spiro atoms. The van der Waals surface area contributed by atoms with E-state index < -0.39 is 0 Å². The quantitative estimate of drug-likeness (QED) is 0.540. The van der Waals surface area contributed by atoms with Gasteiger partial charge < -0.3 is 15.2 Å². The van der Waals surface area contributed by atoms with Crippen LogP contribution in [0.4, 0.5) is 4.39 Å². The van der Waals surface area contributed by atoms with Crippen molar-refractivity contribution in [1.29, 1.82) is 0 Å². The minimum absolute atomic E-state index is 0.0317. The molecule has 1 amide bonds. The van der Waals surface area contributed by atoms with E-state index in [9.17, 15) is 9.18 Å². The Labute approximate surface area is 205 Å². The van der Waals surface area contributed by atoms with Crippen LogP contribution < -0.4 is 10.6 Å². The Kier molecular flexibility index (Phi) is 6.06. The van der Waals surface area contributed by atoms with Gasteiger partial charge in [-0.3, -0.25) is 9.69 Å². The molecule has 4 heterocycles. The van der Waals surface area contributed by atoms with Gasteiger partial charge in [-0.2, -0.15) is 0 Å². The lowest BCUT2D eigenvalue weighted by Gasteiger charge is -2.40. The Hall–Kier alpha value is -2.77. The maximum absolute atomic E-state index is 14.3. The SMILES string of the molecule is Cc1nc2c(F)cccc2n1[C@@H]1C[C@H]2CC[C@@H](C1)N2CC[C@H](NC(=O)C1CNC1)c1ccccc1. The van der Waals surface area contributed by atoms with Crippen molar-refractivity contribution >= 4 is 16.9 Å². The van der Waals surface area contributed by atoms with E-state index >= 15 is 0 Å². The maximum Gasteiger partial charge on any atom is 0.226 e. The van der Waals surface area contributed by atoms with Crippen LogP contribution in [0, 0.1) is 18.7 Å². The number of rotatable bonds is 7. The van der Waals surface area contributed by atoms with Crippen molar-refractivity contribution in [1.82, 2.24) is 25.1 Å². The summed E-state index contributed by atoms with van der Waals surface area (Å²) in [6.07, 6.45) is 5.45. The first kappa shape index (κ1) is 22.7. The number of fused-ring (bicyclic) bond motifs is 3. The van der Waals surface area contributed by atoms with Gasteiger partial charge >= 0.3 is 0 Å². The van der Waals surface area contributed by atoms with Crippen LogP contribution in [0.2, 0.25) is 0 Å². The van der Waals surface area contributed by atoms with Gasteiger partial charge in [-0.1, -0.05) is 36.4 Å². The zero-order chi connectivity index (χ0) is 23.9. The van der Waals surface area contributed by atoms with Gasteiger partial charge in [-0.25, -0.2) is 9.37 Å². The molecular weight excluding hydrogens is 441 g/mol. The smallest absolute Gasteiger partial charge is 0.226 e. The van der Waals surface area contributed by atoms with Gasteiger partial charge in [0.2, 0.25) is 5.91 Å². The molecule has 0 unspecified atom stereocenters. The van der Waals surface area contributed by atoms with Crippen LogP contribution in [0.25, 0.3) is 11.0 Å². The fourth-order valence-electron chi connectivity index (χ4n) is 6.53. The first-order valence-corrected chi connectivity index (χ1v) is 13.0. The molecular formula is C28H34FN5O. The summed E-state index contributed by atoms with van der Waals surface area (Å²) in [6.45, 7) is 4.52. The number of piperidine rings is 1. The molecule has 4 atom stereocenters.